The number of non-ortho nitro benzene ring substituents is 1. The normalized spacial score (nSPS) is 30.1. The summed E-state index contributed by atoms with van der Waals surface area (Å²) >= 11 is 0. The van der Waals surface area contributed by atoms with E-state index in [0.717, 1.165) is 18.4 Å². The summed E-state index contributed by atoms with van der Waals surface area (Å²) in [5, 5.41) is 49.1. The number of hydrogen-bond donors (Lipinski definition) is 1. The van der Waals surface area contributed by atoms with E-state index in [-0.39, 0.29) is 17.3 Å². The molecule has 3 rings (SSSR count). The van der Waals surface area contributed by atoms with Crippen molar-refractivity contribution in [2.75, 3.05) is 0 Å². The predicted molar refractivity (Wildman–Crippen MR) is 91.7 cm³/mol. The van der Waals surface area contributed by atoms with E-state index in [1.54, 1.807) is 0 Å². The van der Waals surface area contributed by atoms with E-state index >= 15 is 0 Å². The van der Waals surface area contributed by atoms with Crippen LogP contribution in [0.15, 0.2) is 35.9 Å². The van der Waals surface area contributed by atoms with Crippen LogP contribution in [0.5, 0.6) is 0 Å². The lowest BCUT2D eigenvalue weighted by atomic mass is 9.52. The van der Waals surface area contributed by atoms with E-state index in [9.17, 15) is 25.9 Å². The first-order valence-electron chi connectivity index (χ1n) is 8.25. The van der Waals surface area contributed by atoms with Crippen LogP contribution in [0, 0.1) is 67.3 Å². The van der Waals surface area contributed by atoms with Crippen LogP contribution in [0.2, 0.25) is 0 Å². The third-order valence-corrected chi connectivity index (χ3v) is 5.42. The average molecular weight is 345 g/mol. The van der Waals surface area contributed by atoms with Gasteiger partial charge in [0.15, 0.2) is 0 Å². The highest BCUT2D eigenvalue weighted by Gasteiger charge is 2.57. The summed E-state index contributed by atoms with van der Waals surface area (Å²) < 4.78 is 0. The van der Waals surface area contributed by atoms with Crippen LogP contribution in [0.3, 0.4) is 0 Å². The van der Waals surface area contributed by atoms with Crippen LogP contribution in [0.1, 0.15) is 24.8 Å². The van der Waals surface area contributed by atoms with Crippen molar-refractivity contribution < 1.29 is 4.92 Å². The van der Waals surface area contributed by atoms with Crippen molar-refractivity contribution >= 4 is 11.4 Å². The third kappa shape index (κ3) is 2.28. The Bertz CT molecular complexity index is 929. The summed E-state index contributed by atoms with van der Waals surface area (Å²) in [6, 6.07) is 11.8. The van der Waals surface area contributed by atoms with Gasteiger partial charge >= 0.3 is 0 Å². The molecule has 0 saturated heterocycles. The molecule has 0 aromatic heterocycles. The van der Waals surface area contributed by atoms with Crippen molar-refractivity contribution in [2.24, 2.45) is 17.8 Å². The fourth-order valence-electron chi connectivity index (χ4n) is 4.18. The number of hydrogen-bond acceptors (Lipinski definition) is 6. The molecule has 128 valence electrons. The molecule has 1 aromatic rings. The third-order valence-electron chi connectivity index (χ3n) is 5.42. The lowest BCUT2D eigenvalue weighted by Gasteiger charge is -2.46. The number of nitriles is 3. The molecule has 0 unspecified atom stereocenters. The minimum Gasteiger partial charge on any atom is -0.306 e. The minimum absolute atomic E-state index is 0.118. The predicted octanol–water partition coefficient (Wildman–Crippen LogP) is 3.40. The van der Waals surface area contributed by atoms with Crippen LogP contribution in [-0.4, -0.2) is 10.6 Å². The highest BCUT2D eigenvalue weighted by molar-refractivity contribution is 6.02. The van der Waals surface area contributed by atoms with E-state index in [1.165, 1.54) is 24.3 Å². The molecule has 2 aliphatic carbocycles. The summed E-state index contributed by atoms with van der Waals surface area (Å²) in [4.78, 5) is 10.4. The first kappa shape index (κ1) is 17.3. The molecule has 7 heteroatoms. The molecule has 0 amide bonds. The van der Waals surface area contributed by atoms with E-state index < -0.39 is 22.2 Å². The maximum atomic E-state index is 10.9. The van der Waals surface area contributed by atoms with E-state index in [0.29, 0.717) is 12.0 Å². The quantitative estimate of drug-likeness (QED) is 0.497. The van der Waals surface area contributed by atoms with Gasteiger partial charge in [-0.3, -0.25) is 10.1 Å². The van der Waals surface area contributed by atoms with Crippen LogP contribution >= 0.6 is 0 Å². The zero-order chi connectivity index (χ0) is 18.9. The number of nitro benzene ring substituents is 1. The lowest BCUT2D eigenvalue weighted by Crippen LogP contribution is -2.53. The Labute approximate surface area is 150 Å². The van der Waals surface area contributed by atoms with Crippen molar-refractivity contribution in [3.63, 3.8) is 0 Å². The SMILES string of the molecule is N#C[C@@H]1C(=N)[C@@](C#N)(c2ccc([N+](=O)[O-])cc2)[C@@H](C#N)[C@@H]2CCCC=C12. The zero-order valence-electron chi connectivity index (χ0n) is 13.8. The monoisotopic (exact) mass is 345 g/mol. The van der Waals surface area contributed by atoms with Gasteiger partial charge in [-0.05, 0) is 36.3 Å². The fourth-order valence-corrected chi connectivity index (χ4v) is 4.18. The molecule has 0 spiro atoms. The van der Waals surface area contributed by atoms with Gasteiger partial charge in [0, 0.05) is 12.1 Å². The highest BCUT2D eigenvalue weighted by Crippen LogP contribution is 2.51. The van der Waals surface area contributed by atoms with Crippen LogP contribution < -0.4 is 0 Å². The summed E-state index contributed by atoms with van der Waals surface area (Å²) in [6.07, 6.45) is 4.27. The van der Waals surface area contributed by atoms with Crippen molar-refractivity contribution in [1.29, 1.82) is 21.2 Å². The number of nitrogens with zero attached hydrogens (tertiary/aromatic N) is 4. The molecule has 1 N–H and O–H groups in total. The molecule has 0 aliphatic heterocycles. The summed E-state index contributed by atoms with van der Waals surface area (Å²) in [5.41, 5.74) is -0.709. The molecule has 26 heavy (non-hydrogen) atoms. The Balaban J connectivity index is 2.22. The molecule has 1 aromatic carbocycles. The molecule has 0 bridgehead atoms. The first-order valence-corrected chi connectivity index (χ1v) is 8.25. The molecular weight excluding hydrogens is 330 g/mol. The van der Waals surface area contributed by atoms with Crippen molar-refractivity contribution in [2.45, 2.75) is 24.7 Å². The Morgan fingerprint density at radius 3 is 2.42 bits per heavy atom. The maximum absolute atomic E-state index is 10.9. The number of benzene rings is 1. The topological polar surface area (TPSA) is 138 Å². The molecule has 2 aliphatic rings. The number of rotatable bonds is 2. The lowest BCUT2D eigenvalue weighted by molar-refractivity contribution is -0.384. The molecule has 1 fully saturated rings. The van der Waals surface area contributed by atoms with Gasteiger partial charge in [-0.2, -0.15) is 15.8 Å². The zero-order valence-corrected chi connectivity index (χ0v) is 13.8. The molecule has 7 nitrogen and oxygen atoms in total. The number of allylic oxidation sites excluding steroid dienone is 2. The van der Waals surface area contributed by atoms with Gasteiger partial charge in [-0.1, -0.05) is 18.2 Å². The fraction of sp³-hybridized carbons (Fsp3) is 0.368. The van der Waals surface area contributed by atoms with E-state index in [4.69, 9.17) is 5.41 Å². The molecular formula is C19H15N5O2. The largest absolute Gasteiger partial charge is 0.306 e. The van der Waals surface area contributed by atoms with E-state index in [2.05, 4.69) is 18.2 Å². The van der Waals surface area contributed by atoms with Crippen molar-refractivity contribution in [3.8, 4) is 18.2 Å². The van der Waals surface area contributed by atoms with Crippen LogP contribution in [-0.2, 0) is 5.41 Å². The summed E-state index contributed by atoms with van der Waals surface area (Å²) in [5.74, 6) is -1.92. The Morgan fingerprint density at radius 1 is 1.19 bits per heavy atom. The van der Waals surface area contributed by atoms with Gasteiger partial charge in [-0.25, -0.2) is 0 Å². The number of fused-ring (bicyclic) bond motifs is 1. The first-order chi connectivity index (χ1) is 12.5. The maximum Gasteiger partial charge on any atom is 0.269 e. The highest BCUT2D eigenvalue weighted by atomic mass is 16.6. The second-order valence-electron chi connectivity index (χ2n) is 6.55. The van der Waals surface area contributed by atoms with Gasteiger partial charge in [0.1, 0.15) is 11.3 Å². The second-order valence-corrected chi connectivity index (χ2v) is 6.55. The molecule has 0 heterocycles. The van der Waals surface area contributed by atoms with Gasteiger partial charge in [-0.15, -0.1) is 0 Å². The standard InChI is InChI=1S/C19H15N5O2/c20-9-16-14-3-1-2-4-15(14)17(10-21)19(11-22,18(16)23)12-5-7-13(8-6-12)24(25)26/h3,5-8,15-17,23H,1-2,4H2/t15-,16+,17+,19+/m1/s1. The van der Waals surface area contributed by atoms with Gasteiger partial charge in [0.2, 0.25) is 0 Å². The van der Waals surface area contributed by atoms with E-state index in [1.807, 2.05) is 6.08 Å². The summed E-state index contributed by atoms with van der Waals surface area (Å²) in [6.45, 7) is 0. The van der Waals surface area contributed by atoms with Gasteiger partial charge < -0.3 is 5.41 Å². The average Bonchev–Trinajstić information content (AvgIpc) is 2.67. The molecule has 0 radical (unpaired) electrons. The second kappa shape index (κ2) is 6.43. The molecule has 1 saturated carbocycles. The molecule has 4 atom stereocenters. The Hall–Kier alpha value is -3.50. The van der Waals surface area contributed by atoms with Crippen LogP contribution in [0.25, 0.3) is 0 Å². The smallest absolute Gasteiger partial charge is 0.269 e. The number of nitro groups is 1. The van der Waals surface area contributed by atoms with Crippen molar-refractivity contribution in [1.82, 2.24) is 0 Å². The van der Waals surface area contributed by atoms with Crippen molar-refractivity contribution in [3.05, 3.63) is 51.6 Å². The minimum atomic E-state index is -1.58. The van der Waals surface area contributed by atoms with Crippen LogP contribution in [0.4, 0.5) is 5.69 Å². The number of nitrogens with one attached hydrogen (secondary N) is 1. The van der Waals surface area contributed by atoms with Gasteiger partial charge in [0.05, 0.1) is 34.8 Å². The Kier molecular flexibility index (Phi) is 4.28. The summed E-state index contributed by atoms with van der Waals surface area (Å²) in [7, 11) is 0. The Morgan fingerprint density at radius 2 is 1.88 bits per heavy atom. The van der Waals surface area contributed by atoms with Gasteiger partial charge in [0.25, 0.3) is 5.69 Å².